The molecule has 0 aliphatic rings. The Morgan fingerprint density at radius 3 is 1.66 bits per heavy atom. The van der Waals surface area contributed by atoms with E-state index in [0.29, 0.717) is 28.0 Å². The molecule has 0 spiro atoms. The first kappa shape index (κ1) is 23.3. The molecule has 0 saturated heterocycles. The van der Waals surface area contributed by atoms with Crippen molar-refractivity contribution >= 4 is 43.7 Å². The van der Waals surface area contributed by atoms with E-state index in [1.54, 1.807) is 28.8 Å². The van der Waals surface area contributed by atoms with Gasteiger partial charge >= 0.3 is 11.3 Å². The normalized spacial score (nSPS) is 11.6. The molecule has 3 N–H and O–H groups in total. The van der Waals surface area contributed by atoms with Gasteiger partial charge < -0.3 is 38.2 Å². The number of aromatic hydroxyl groups is 3. The molecule has 0 unspecified atom stereocenters. The summed E-state index contributed by atoms with van der Waals surface area (Å²) in [6.45, 7) is 0.210. The SMILES string of the molecule is COc1cc2c(cc1O)oc(=O)c1c2c2c3cc(OC)c(O)cc3oc(=O)c2n1CCc1ccc(O)cc1. The minimum absolute atomic E-state index is 0.102. The zero-order valence-corrected chi connectivity index (χ0v) is 20.3. The van der Waals surface area contributed by atoms with Gasteiger partial charge in [0, 0.05) is 40.2 Å². The largest absolute Gasteiger partial charge is 0.508 e. The number of hydrogen-bond donors (Lipinski definition) is 3. The summed E-state index contributed by atoms with van der Waals surface area (Å²) < 4.78 is 23.3. The van der Waals surface area contributed by atoms with Crippen LogP contribution in [0.25, 0.3) is 43.7 Å². The third-order valence-corrected chi connectivity index (χ3v) is 6.72. The van der Waals surface area contributed by atoms with E-state index in [1.807, 2.05) is 0 Å². The van der Waals surface area contributed by atoms with Gasteiger partial charge in [-0.1, -0.05) is 12.1 Å². The van der Waals surface area contributed by atoms with E-state index in [4.69, 9.17) is 18.3 Å². The number of nitrogens with zero attached hydrogens (tertiary/aromatic N) is 1. The molecule has 0 aliphatic carbocycles. The van der Waals surface area contributed by atoms with Gasteiger partial charge in [0.2, 0.25) is 0 Å². The fourth-order valence-corrected chi connectivity index (χ4v) is 4.98. The average Bonchev–Trinajstić information content (AvgIpc) is 3.24. The highest BCUT2D eigenvalue weighted by Crippen LogP contribution is 2.42. The molecule has 0 radical (unpaired) electrons. The van der Waals surface area contributed by atoms with Gasteiger partial charge in [0.1, 0.15) is 27.9 Å². The van der Waals surface area contributed by atoms with Crippen LogP contribution in [0.3, 0.4) is 0 Å². The second-order valence-electron chi connectivity index (χ2n) is 8.83. The van der Waals surface area contributed by atoms with E-state index in [-0.39, 0.29) is 57.5 Å². The van der Waals surface area contributed by atoms with Gasteiger partial charge in [-0.15, -0.1) is 0 Å². The monoisotopic (exact) mass is 515 g/mol. The third kappa shape index (κ3) is 3.41. The molecular formula is C28H21NO9. The van der Waals surface area contributed by atoms with Crippen molar-refractivity contribution in [2.75, 3.05) is 14.2 Å². The standard InChI is InChI=1S/C28H21NO9/c1-35-21-9-15-19(11-17(21)31)37-27(33)25-23(15)24-16-10-22(36-2)18(32)12-20(16)38-28(34)26(24)29(25)8-7-13-3-5-14(30)6-4-13/h3-6,9-12,30-32H,7-8H2,1-2H3. The molecular weight excluding hydrogens is 494 g/mol. The van der Waals surface area contributed by atoms with Crippen LogP contribution in [0.4, 0.5) is 0 Å². The molecule has 10 nitrogen and oxygen atoms in total. The average molecular weight is 515 g/mol. The van der Waals surface area contributed by atoms with Crippen LogP contribution in [-0.4, -0.2) is 34.1 Å². The van der Waals surface area contributed by atoms with E-state index >= 15 is 0 Å². The Labute approximate surface area is 213 Å². The van der Waals surface area contributed by atoms with Gasteiger partial charge in [-0.25, -0.2) is 9.59 Å². The van der Waals surface area contributed by atoms with Crippen molar-refractivity contribution in [3.05, 3.63) is 74.9 Å². The van der Waals surface area contributed by atoms with Crippen molar-refractivity contribution in [1.82, 2.24) is 4.57 Å². The number of hydrogen-bond acceptors (Lipinski definition) is 9. The van der Waals surface area contributed by atoms with Gasteiger partial charge in [0.15, 0.2) is 23.0 Å². The highest BCUT2D eigenvalue weighted by atomic mass is 16.5. The zero-order chi connectivity index (χ0) is 26.7. The lowest BCUT2D eigenvalue weighted by atomic mass is 10.0. The van der Waals surface area contributed by atoms with Gasteiger partial charge in [0.05, 0.1) is 14.2 Å². The topological polar surface area (TPSA) is 144 Å². The van der Waals surface area contributed by atoms with Crippen LogP contribution in [0.1, 0.15) is 5.56 Å². The number of aromatic nitrogens is 1. The molecule has 0 atom stereocenters. The minimum atomic E-state index is -0.711. The Balaban J connectivity index is 1.79. The van der Waals surface area contributed by atoms with Crippen LogP contribution in [-0.2, 0) is 13.0 Å². The predicted octanol–water partition coefficient (Wildman–Crippen LogP) is 4.38. The van der Waals surface area contributed by atoms with Crippen molar-refractivity contribution in [1.29, 1.82) is 0 Å². The smallest absolute Gasteiger partial charge is 0.361 e. The van der Waals surface area contributed by atoms with Crippen molar-refractivity contribution in [2.45, 2.75) is 13.0 Å². The molecule has 0 aliphatic heterocycles. The summed E-state index contributed by atoms with van der Waals surface area (Å²) in [7, 11) is 2.80. The molecule has 3 aromatic heterocycles. The van der Waals surface area contributed by atoms with E-state index < -0.39 is 11.3 Å². The number of rotatable bonds is 5. The maximum Gasteiger partial charge on any atom is 0.361 e. The molecule has 192 valence electrons. The third-order valence-electron chi connectivity index (χ3n) is 6.72. The van der Waals surface area contributed by atoms with Gasteiger partial charge in [-0.05, 0) is 36.2 Å². The van der Waals surface area contributed by atoms with Crippen molar-refractivity contribution in [3.8, 4) is 28.7 Å². The van der Waals surface area contributed by atoms with E-state index in [0.717, 1.165) is 5.56 Å². The summed E-state index contributed by atoms with van der Waals surface area (Å²) in [5.74, 6) is 0.00332. The summed E-state index contributed by atoms with van der Waals surface area (Å²) in [5.41, 5.74) is -0.0892. The quantitative estimate of drug-likeness (QED) is 0.285. The number of fused-ring (bicyclic) bond motifs is 7. The number of benzene rings is 3. The molecule has 3 heterocycles. The molecule has 10 heteroatoms. The highest BCUT2D eigenvalue weighted by Gasteiger charge is 2.25. The minimum Gasteiger partial charge on any atom is -0.508 e. The van der Waals surface area contributed by atoms with E-state index in [9.17, 15) is 24.9 Å². The summed E-state index contributed by atoms with van der Waals surface area (Å²) >= 11 is 0. The van der Waals surface area contributed by atoms with E-state index in [2.05, 4.69) is 0 Å². The number of phenols is 3. The highest BCUT2D eigenvalue weighted by molar-refractivity contribution is 6.26. The summed E-state index contributed by atoms with van der Waals surface area (Å²) in [6, 6.07) is 12.3. The zero-order valence-electron chi connectivity index (χ0n) is 20.3. The second-order valence-corrected chi connectivity index (χ2v) is 8.83. The number of aryl methyl sites for hydroxylation is 2. The molecule has 38 heavy (non-hydrogen) atoms. The Morgan fingerprint density at radius 1 is 0.737 bits per heavy atom. The molecule has 0 saturated carbocycles. The lowest BCUT2D eigenvalue weighted by Gasteiger charge is -2.08. The van der Waals surface area contributed by atoms with Gasteiger partial charge in [-0.2, -0.15) is 0 Å². The molecule has 6 rings (SSSR count). The van der Waals surface area contributed by atoms with Crippen LogP contribution < -0.4 is 20.7 Å². The van der Waals surface area contributed by atoms with Crippen LogP contribution in [0.15, 0.2) is 67.0 Å². The van der Waals surface area contributed by atoms with Gasteiger partial charge in [0.25, 0.3) is 0 Å². The Kier molecular flexibility index (Phi) is 5.20. The Morgan fingerprint density at radius 2 is 1.21 bits per heavy atom. The predicted molar refractivity (Wildman–Crippen MR) is 140 cm³/mol. The Bertz CT molecular complexity index is 1890. The Hall–Kier alpha value is -5.12. The first-order valence-corrected chi connectivity index (χ1v) is 11.6. The molecule has 3 aromatic carbocycles. The summed E-state index contributed by atoms with van der Waals surface area (Å²) in [5, 5.41) is 31.9. The van der Waals surface area contributed by atoms with Crippen molar-refractivity contribution in [2.24, 2.45) is 0 Å². The second kappa shape index (κ2) is 8.48. The van der Waals surface area contributed by atoms with Crippen molar-refractivity contribution in [3.63, 3.8) is 0 Å². The van der Waals surface area contributed by atoms with Crippen molar-refractivity contribution < 1.29 is 33.6 Å². The molecule has 0 fully saturated rings. The maximum atomic E-state index is 13.4. The fraction of sp³-hybridized carbons (Fsp3) is 0.143. The first-order valence-electron chi connectivity index (χ1n) is 11.6. The number of ether oxygens (including phenoxy) is 2. The number of methoxy groups -OCH3 is 2. The number of phenolic OH excluding ortho intramolecular Hbond substituents is 3. The first-order chi connectivity index (χ1) is 18.3. The molecule has 0 bridgehead atoms. The summed E-state index contributed by atoms with van der Waals surface area (Å²) in [6.07, 6.45) is 0.423. The van der Waals surface area contributed by atoms with Crippen LogP contribution >= 0.6 is 0 Å². The molecule has 0 amide bonds. The molecule has 6 aromatic rings. The van der Waals surface area contributed by atoms with Crippen LogP contribution in [0.2, 0.25) is 0 Å². The lowest BCUT2D eigenvalue weighted by molar-refractivity contribution is 0.373. The van der Waals surface area contributed by atoms with E-state index in [1.165, 1.54) is 38.5 Å². The maximum absolute atomic E-state index is 13.4. The van der Waals surface area contributed by atoms with Crippen LogP contribution in [0.5, 0.6) is 28.7 Å². The van der Waals surface area contributed by atoms with Gasteiger partial charge in [-0.3, -0.25) is 0 Å². The summed E-state index contributed by atoms with van der Waals surface area (Å²) in [4.78, 5) is 26.8. The lowest BCUT2D eigenvalue weighted by Crippen LogP contribution is -2.13. The fourth-order valence-electron chi connectivity index (χ4n) is 4.98. The van der Waals surface area contributed by atoms with Crippen LogP contribution in [0, 0.1) is 0 Å².